The lowest BCUT2D eigenvalue weighted by Gasteiger charge is -2.13. The van der Waals surface area contributed by atoms with Crippen LogP contribution in [0, 0.1) is 0 Å². The van der Waals surface area contributed by atoms with E-state index >= 15 is 0 Å². The molecule has 0 heterocycles. The van der Waals surface area contributed by atoms with Crippen LogP contribution in [-0.4, -0.2) is 5.11 Å². The first-order valence-electron chi connectivity index (χ1n) is 3.27. The van der Waals surface area contributed by atoms with Gasteiger partial charge in [-0.25, -0.2) is 5.43 Å². The van der Waals surface area contributed by atoms with E-state index in [4.69, 9.17) is 5.73 Å². The minimum atomic E-state index is -0.110. The van der Waals surface area contributed by atoms with Gasteiger partial charge < -0.3 is 5.73 Å². The van der Waals surface area contributed by atoms with E-state index in [0.717, 1.165) is 0 Å². The molecule has 64 valence electrons. The van der Waals surface area contributed by atoms with Gasteiger partial charge in [0.1, 0.15) is 0 Å². The topological polar surface area (TPSA) is 41.3 Å². The van der Waals surface area contributed by atoms with E-state index in [9.17, 15) is 4.48 Å². The molecule has 0 atom stereocenters. The average Bonchev–Trinajstić information content (AvgIpc) is 2.05. The van der Waals surface area contributed by atoms with Crippen LogP contribution in [0.1, 0.15) is 0 Å². The van der Waals surface area contributed by atoms with Gasteiger partial charge in [0.25, 0.3) is 0 Å². The number of anilines is 1. The zero-order valence-electron chi connectivity index (χ0n) is 6.20. The number of rotatable bonds is 2. The fourth-order valence-electron chi connectivity index (χ4n) is 0.720. The molecule has 0 spiro atoms. The quantitative estimate of drug-likeness (QED) is 0.411. The standard InChI is InChI=1S/C7H8FN3S/c8-11(10-7(9)12)6-4-2-1-3-5-6/h1-5H,(H3,9,10,12). The first kappa shape index (κ1) is 8.73. The molecule has 5 heteroatoms. The number of halogens is 1. The SMILES string of the molecule is NC(=S)NN(F)c1ccccc1. The lowest BCUT2D eigenvalue weighted by molar-refractivity contribution is 0.410. The summed E-state index contributed by atoms with van der Waals surface area (Å²) in [6.07, 6.45) is 0. The Morgan fingerprint density at radius 3 is 2.50 bits per heavy atom. The highest BCUT2D eigenvalue weighted by molar-refractivity contribution is 7.80. The van der Waals surface area contributed by atoms with Crippen molar-refractivity contribution < 1.29 is 4.48 Å². The number of para-hydroxylation sites is 1. The molecule has 0 aliphatic carbocycles. The van der Waals surface area contributed by atoms with Crippen molar-refractivity contribution in [3.8, 4) is 0 Å². The number of hydrogen-bond donors (Lipinski definition) is 2. The molecule has 1 aromatic rings. The molecule has 0 saturated heterocycles. The van der Waals surface area contributed by atoms with E-state index in [1.54, 1.807) is 30.3 Å². The number of nitrogens with two attached hydrogens (primary N) is 1. The summed E-state index contributed by atoms with van der Waals surface area (Å²) in [5.41, 5.74) is 7.56. The van der Waals surface area contributed by atoms with Crippen molar-refractivity contribution in [2.24, 2.45) is 5.73 Å². The number of benzene rings is 1. The Kier molecular flexibility index (Phi) is 2.82. The normalized spacial score (nSPS) is 9.08. The van der Waals surface area contributed by atoms with E-state index in [1.165, 1.54) is 0 Å². The molecule has 0 fully saturated rings. The van der Waals surface area contributed by atoms with Crippen LogP contribution in [0.15, 0.2) is 30.3 Å². The predicted octanol–water partition coefficient (Wildman–Crippen LogP) is 1.13. The molecule has 0 aromatic heterocycles. The molecular formula is C7H8FN3S. The van der Waals surface area contributed by atoms with Gasteiger partial charge in [-0.1, -0.05) is 22.7 Å². The van der Waals surface area contributed by atoms with Crippen molar-refractivity contribution in [2.75, 3.05) is 5.23 Å². The van der Waals surface area contributed by atoms with Crippen molar-refractivity contribution in [3.05, 3.63) is 30.3 Å². The Morgan fingerprint density at radius 2 is 2.00 bits per heavy atom. The third-order valence-electron chi connectivity index (χ3n) is 1.19. The fraction of sp³-hybridized carbons (Fsp3) is 0. The molecule has 3 nitrogen and oxygen atoms in total. The number of nitrogens with one attached hydrogen (secondary N) is 1. The summed E-state index contributed by atoms with van der Waals surface area (Å²) in [4.78, 5) is 0. The van der Waals surface area contributed by atoms with Gasteiger partial charge in [-0.3, -0.25) is 0 Å². The van der Waals surface area contributed by atoms with Crippen LogP contribution in [0.2, 0.25) is 0 Å². The van der Waals surface area contributed by atoms with Crippen LogP contribution in [-0.2, 0) is 0 Å². The van der Waals surface area contributed by atoms with Gasteiger partial charge in [-0.05, 0) is 24.4 Å². The second kappa shape index (κ2) is 3.87. The molecule has 1 rings (SSSR count). The van der Waals surface area contributed by atoms with Crippen molar-refractivity contribution >= 4 is 23.0 Å². The third-order valence-corrected chi connectivity index (χ3v) is 1.28. The second-order valence-corrected chi connectivity index (χ2v) is 2.53. The second-order valence-electron chi connectivity index (χ2n) is 2.09. The van der Waals surface area contributed by atoms with Gasteiger partial charge in [0, 0.05) is 0 Å². The maximum Gasteiger partial charge on any atom is 0.184 e. The fourth-order valence-corrected chi connectivity index (χ4v) is 0.800. The lowest BCUT2D eigenvalue weighted by Crippen LogP contribution is -2.39. The molecule has 3 N–H and O–H groups in total. The maximum absolute atomic E-state index is 12.9. The maximum atomic E-state index is 12.9. The van der Waals surface area contributed by atoms with Crippen LogP contribution >= 0.6 is 12.2 Å². The number of hydrogen-bond acceptors (Lipinski definition) is 2. The highest BCUT2D eigenvalue weighted by atomic mass is 32.1. The minimum absolute atomic E-state index is 0.110. The smallest absolute Gasteiger partial charge is 0.184 e. The van der Waals surface area contributed by atoms with Gasteiger partial charge in [-0.15, -0.1) is 5.23 Å². The van der Waals surface area contributed by atoms with Crippen LogP contribution < -0.4 is 16.4 Å². The summed E-state index contributed by atoms with van der Waals surface area (Å²) in [6, 6.07) is 8.39. The molecular weight excluding hydrogens is 177 g/mol. The number of nitrogens with zero attached hydrogens (tertiary/aromatic N) is 1. The van der Waals surface area contributed by atoms with Crippen molar-refractivity contribution in [3.63, 3.8) is 0 Å². The van der Waals surface area contributed by atoms with E-state index in [1.807, 2.05) is 0 Å². The summed E-state index contributed by atoms with van der Waals surface area (Å²) in [5, 5.41) is 0.156. The lowest BCUT2D eigenvalue weighted by atomic mass is 10.3. The monoisotopic (exact) mass is 185 g/mol. The van der Waals surface area contributed by atoms with Gasteiger partial charge in [-0.2, -0.15) is 0 Å². The zero-order chi connectivity index (χ0) is 8.97. The Morgan fingerprint density at radius 1 is 1.42 bits per heavy atom. The first-order chi connectivity index (χ1) is 5.70. The van der Waals surface area contributed by atoms with E-state index < -0.39 is 0 Å². The molecule has 1 aromatic carbocycles. The summed E-state index contributed by atoms with van der Waals surface area (Å²) in [5.74, 6) is 0. The van der Waals surface area contributed by atoms with Crippen molar-refractivity contribution in [1.82, 2.24) is 5.43 Å². The van der Waals surface area contributed by atoms with Crippen LogP contribution in [0.4, 0.5) is 10.2 Å². The van der Waals surface area contributed by atoms with Crippen molar-refractivity contribution in [2.45, 2.75) is 0 Å². The Labute approximate surface area is 74.9 Å². The number of thiocarbonyl (C=S) groups is 1. The highest BCUT2D eigenvalue weighted by Crippen LogP contribution is 2.10. The zero-order valence-corrected chi connectivity index (χ0v) is 7.01. The molecule has 0 unspecified atom stereocenters. The molecule has 0 amide bonds. The van der Waals surface area contributed by atoms with E-state index in [2.05, 4.69) is 17.6 Å². The summed E-state index contributed by atoms with van der Waals surface area (Å²) in [7, 11) is 0. The summed E-state index contributed by atoms with van der Waals surface area (Å²) in [6.45, 7) is 0. The Bertz CT molecular complexity index is 265. The molecule has 0 aliphatic rings. The van der Waals surface area contributed by atoms with Crippen LogP contribution in [0.5, 0.6) is 0 Å². The highest BCUT2D eigenvalue weighted by Gasteiger charge is 2.02. The molecule has 0 bridgehead atoms. The Balaban J connectivity index is 2.65. The van der Waals surface area contributed by atoms with Gasteiger partial charge in [0.15, 0.2) is 5.11 Å². The van der Waals surface area contributed by atoms with Crippen LogP contribution in [0.25, 0.3) is 0 Å². The van der Waals surface area contributed by atoms with Crippen LogP contribution in [0.3, 0.4) is 0 Å². The largest absolute Gasteiger partial charge is 0.375 e. The summed E-state index contributed by atoms with van der Waals surface area (Å²) >= 11 is 4.46. The average molecular weight is 185 g/mol. The minimum Gasteiger partial charge on any atom is -0.375 e. The van der Waals surface area contributed by atoms with Crippen molar-refractivity contribution in [1.29, 1.82) is 0 Å². The number of hydrazine groups is 1. The van der Waals surface area contributed by atoms with E-state index in [-0.39, 0.29) is 10.3 Å². The Hall–Kier alpha value is -1.36. The predicted molar refractivity (Wildman–Crippen MR) is 50.0 cm³/mol. The first-order valence-corrected chi connectivity index (χ1v) is 3.68. The molecule has 12 heavy (non-hydrogen) atoms. The molecule has 0 saturated carbocycles. The molecule has 0 aliphatic heterocycles. The third kappa shape index (κ3) is 2.35. The molecule has 0 radical (unpaired) electrons. The van der Waals surface area contributed by atoms with Gasteiger partial charge >= 0.3 is 0 Å². The van der Waals surface area contributed by atoms with Gasteiger partial charge in [0.2, 0.25) is 0 Å². The van der Waals surface area contributed by atoms with Gasteiger partial charge in [0.05, 0.1) is 5.69 Å². The van der Waals surface area contributed by atoms with E-state index in [0.29, 0.717) is 5.69 Å². The summed E-state index contributed by atoms with van der Waals surface area (Å²) < 4.78 is 12.9.